The van der Waals surface area contributed by atoms with Gasteiger partial charge in [0.05, 0.1) is 6.42 Å². The van der Waals surface area contributed by atoms with Crippen molar-refractivity contribution in [2.75, 3.05) is 6.54 Å². The molecular weight excluding hydrogens is 324 g/mol. The van der Waals surface area contributed by atoms with Crippen LogP contribution in [0.2, 0.25) is 0 Å². The molecule has 26 heavy (non-hydrogen) atoms. The molecule has 0 fully saturated rings. The van der Waals surface area contributed by atoms with Gasteiger partial charge in [-0.3, -0.25) is 9.59 Å². The summed E-state index contributed by atoms with van der Waals surface area (Å²) in [5.74, 6) is -0.126. The molecule has 0 aliphatic carbocycles. The van der Waals surface area contributed by atoms with E-state index in [2.05, 4.69) is 5.32 Å². The monoisotopic (exact) mass is 352 g/mol. The van der Waals surface area contributed by atoms with E-state index in [4.69, 9.17) is 0 Å². The fraction of sp³-hybridized carbons (Fsp3) is 0.364. The zero-order valence-electron chi connectivity index (χ0n) is 15.9. The van der Waals surface area contributed by atoms with Crippen molar-refractivity contribution < 1.29 is 9.59 Å². The van der Waals surface area contributed by atoms with Gasteiger partial charge in [0, 0.05) is 13.1 Å². The molecule has 0 aliphatic rings. The SMILES string of the molecule is CCNC(=O)C(CC)N(Cc1ccc(C)cc1)C(=O)Cc1ccccc1. The van der Waals surface area contributed by atoms with E-state index in [1.54, 1.807) is 4.90 Å². The Morgan fingerprint density at radius 1 is 0.962 bits per heavy atom. The van der Waals surface area contributed by atoms with E-state index in [1.807, 2.05) is 75.4 Å². The third-order valence-corrected chi connectivity index (χ3v) is 4.41. The Hall–Kier alpha value is -2.62. The Morgan fingerprint density at radius 3 is 2.19 bits per heavy atom. The lowest BCUT2D eigenvalue weighted by atomic mass is 10.1. The normalized spacial score (nSPS) is 11.7. The van der Waals surface area contributed by atoms with E-state index in [0.29, 0.717) is 25.9 Å². The van der Waals surface area contributed by atoms with Crippen LogP contribution in [0.1, 0.15) is 37.0 Å². The second-order valence-electron chi connectivity index (χ2n) is 6.49. The number of nitrogens with zero attached hydrogens (tertiary/aromatic N) is 1. The van der Waals surface area contributed by atoms with Gasteiger partial charge < -0.3 is 10.2 Å². The Morgan fingerprint density at radius 2 is 1.62 bits per heavy atom. The van der Waals surface area contributed by atoms with Crippen molar-refractivity contribution in [3.8, 4) is 0 Å². The molecule has 138 valence electrons. The number of hydrogen-bond donors (Lipinski definition) is 1. The van der Waals surface area contributed by atoms with Crippen LogP contribution in [0.4, 0.5) is 0 Å². The number of carbonyl (C=O) groups excluding carboxylic acids is 2. The topological polar surface area (TPSA) is 49.4 Å². The average molecular weight is 352 g/mol. The van der Waals surface area contributed by atoms with Crippen molar-refractivity contribution in [2.45, 2.75) is 46.2 Å². The molecule has 0 heterocycles. The number of likely N-dealkylation sites (N-methyl/N-ethyl adjacent to an activating group) is 1. The summed E-state index contributed by atoms with van der Waals surface area (Å²) in [6.45, 7) is 6.85. The van der Waals surface area contributed by atoms with Crippen molar-refractivity contribution >= 4 is 11.8 Å². The molecule has 0 saturated heterocycles. The lowest BCUT2D eigenvalue weighted by Crippen LogP contribution is -2.49. The highest BCUT2D eigenvalue weighted by atomic mass is 16.2. The molecule has 0 aliphatic heterocycles. The number of rotatable bonds is 8. The molecule has 4 nitrogen and oxygen atoms in total. The minimum Gasteiger partial charge on any atom is -0.355 e. The summed E-state index contributed by atoms with van der Waals surface area (Å²) in [5, 5.41) is 2.86. The quantitative estimate of drug-likeness (QED) is 0.791. The van der Waals surface area contributed by atoms with Gasteiger partial charge in [-0.05, 0) is 31.4 Å². The lowest BCUT2D eigenvalue weighted by molar-refractivity contribution is -0.140. The highest BCUT2D eigenvalue weighted by molar-refractivity contribution is 5.88. The molecule has 2 amide bonds. The van der Waals surface area contributed by atoms with E-state index >= 15 is 0 Å². The Balaban J connectivity index is 2.25. The van der Waals surface area contributed by atoms with Gasteiger partial charge in [-0.1, -0.05) is 67.1 Å². The summed E-state index contributed by atoms with van der Waals surface area (Å²) in [5.41, 5.74) is 3.16. The molecule has 4 heteroatoms. The van der Waals surface area contributed by atoms with Gasteiger partial charge in [0.2, 0.25) is 11.8 Å². The summed E-state index contributed by atoms with van der Waals surface area (Å²) >= 11 is 0. The molecule has 0 spiro atoms. The van der Waals surface area contributed by atoms with Crippen LogP contribution in [-0.2, 0) is 22.6 Å². The van der Waals surface area contributed by atoms with E-state index < -0.39 is 6.04 Å². The van der Waals surface area contributed by atoms with Crippen LogP contribution in [0.15, 0.2) is 54.6 Å². The van der Waals surface area contributed by atoms with E-state index in [9.17, 15) is 9.59 Å². The van der Waals surface area contributed by atoms with Gasteiger partial charge in [0.15, 0.2) is 0 Å². The first-order chi connectivity index (χ1) is 12.5. The fourth-order valence-electron chi connectivity index (χ4n) is 2.97. The van der Waals surface area contributed by atoms with Crippen LogP contribution in [0.5, 0.6) is 0 Å². The molecule has 1 N–H and O–H groups in total. The first kappa shape index (κ1) is 19.7. The largest absolute Gasteiger partial charge is 0.355 e. The first-order valence-electron chi connectivity index (χ1n) is 9.21. The van der Waals surface area contributed by atoms with Crippen LogP contribution in [0, 0.1) is 6.92 Å². The molecule has 0 radical (unpaired) electrons. The Labute approximate surface area is 156 Å². The first-order valence-corrected chi connectivity index (χ1v) is 9.21. The maximum absolute atomic E-state index is 13.0. The average Bonchev–Trinajstić information content (AvgIpc) is 2.64. The van der Waals surface area contributed by atoms with Gasteiger partial charge >= 0.3 is 0 Å². The molecule has 0 bridgehead atoms. The smallest absolute Gasteiger partial charge is 0.242 e. The van der Waals surface area contributed by atoms with E-state index in [-0.39, 0.29) is 11.8 Å². The van der Waals surface area contributed by atoms with E-state index in [0.717, 1.165) is 11.1 Å². The summed E-state index contributed by atoms with van der Waals surface area (Å²) < 4.78 is 0. The minimum absolute atomic E-state index is 0.0325. The standard InChI is InChI=1S/C22H28N2O2/c1-4-20(22(26)23-5-2)24(16-19-13-11-17(3)12-14-19)21(25)15-18-9-7-6-8-10-18/h6-14,20H,4-5,15-16H2,1-3H3,(H,23,26). The molecule has 1 atom stereocenters. The third kappa shape index (κ3) is 5.45. The number of benzene rings is 2. The molecule has 0 saturated carbocycles. The number of amides is 2. The highest BCUT2D eigenvalue weighted by Gasteiger charge is 2.28. The predicted octanol–water partition coefficient (Wildman–Crippen LogP) is 3.48. The van der Waals surface area contributed by atoms with Crippen molar-refractivity contribution in [1.82, 2.24) is 10.2 Å². The van der Waals surface area contributed by atoms with Gasteiger partial charge in [-0.15, -0.1) is 0 Å². The lowest BCUT2D eigenvalue weighted by Gasteiger charge is -2.30. The van der Waals surface area contributed by atoms with Gasteiger partial charge in [-0.2, -0.15) is 0 Å². The zero-order chi connectivity index (χ0) is 18.9. The summed E-state index contributed by atoms with van der Waals surface area (Å²) in [6, 6.07) is 17.3. The van der Waals surface area contributed by atoms with E-state index in [1.165, 1.54) is 5.56 Å². The summed E-state index contributed by atoms with van der Waals surface area (Å²) in [7, 11) is 0. The van der Waals surface area contributed by atoms with Crippen LogP contribution in [-0.4, -0.2) is 29.3 Å². The number of nitrogens with one attached hydrogen (secondary N) is 1. The maximum atomic E-state index is 13.0. The molecule has 2 aromatic carbocycles. The van der Waals surface area contributed by atoms with Crippen molar-refractivity contribution in [3.63, 3.8) is 0 Å². The number of hydrogen-bond acceptors (Lipinski definition) is 2. The molecule has 1 unspecified atom stereocenters. The van der Waals surface area contributed by atoms with Gasteiger partial charge in [0.1, 0.15) is 6.04 Å². The number of aryl methyl sites for hydroxylation is 1. The highest BCUT2D eigenvalue weighted by Crippen LogP contribution is 2.15. The zero-order valence-corrected chi connectivity index (χ0v) is 15.9. The van der Waals surface area contributed by atoms with Crippen LogP contribution >= 0.6 is 0 Å². The minimum atomic E-state index is -0.465. The Bertz CT molecular complexity index is 711. The Kier molecular flexibility index (Phi) is 7.39. The predicted molar refractivity (Wildman–Crippen MR) is 105 cm³/mol. The third-order valence-electron chi connectivity index (χ3n) is 4.41. The van der Waals surface area contributed by atoms with Crippen LogP contribution in [0.25, 0.3) is 0 Å². The molecule has 0 aromatic heterocycles. The molecule has 2 aromatic rings. The maximum Gasteiger partial charge on any atom is 0.242 e. The van der Waals surface area contributed by atoms with Gasteiger partial charge in [-0.25, -0.2) is 0 Å². The molecule has 2 rings (SSSR count). The summed E-state index contributed by atoms with van der Waals surface area (Å²) in [4.78, 5) is 27.3. The second-order valence-corrected chi connectivity index (χ2v) is 6.49. The fourth-order valence-corrected chi connectivity index (χ4v) is 2.97. The number of carbonyl (C=O) groups is 2. The molecular formula is C22H28N2O2. The van der Waals surface area contributed by atoms with Crippen molar-refractivity contribution in [3.05, 3.63) is 71.3 Å². The van der Waals surface area contributed by atoms with Crippen LogP contribution < -0.4 is 5.32 Å². The van der Waals surface area contributed by atoms with Crippen LogP contribution in [0.3, 0.4) is 0 Å². The summed E-state index contributed by atoms with van der Waals surface area (Å²) in [6.07, 6.45) is 0.876. The second kappa shape index (κ2) is 9.76. The van der Waals surface area contributed by atoms with Crippen molar-refractivity contribution in [1.29, 1.82) is 0 Å². The van der Waals surface area contributed by atoms with Crippen molar-refractivity contribution in [2.24, 2.45) is 0 Å². The van der Waals surface area contributed by atoms with Gasteiger partial charge in [0.25, 0.3) is 0 Å².